The van der Waals surface area contributed by atoms with Crippen LogP contribution in [-0.4, -0.2) is 28.5 Å². The smallest absolute Gasteiger partial charge is 0.307 e. The molecule has 0 aromatic heterocycles. The number of benzene rings is 1. The van der Waals surface area contributed by atoms with E-state index in [1.165, 1.54) is 11.8 Å². The lowest BCUT2D eigenvalue weighted by Gasteiger charge is -2.08. The quantitative estimate of drug-likeness (QED) is 0.844. The average molecular weight is 288 g/mol. The van der Waals surface area contributed by atoms with Gasteiger partial charge in [-0.25, -0.2) is 0 Å². The van der Waals surface area contributed by atoms with E-state index in [-0.39, 0.29) is 11.7 Å². The van der Waals surface area contributed by atoms with Crippen molar-refractivity contribution < 1.29 is 14.7 Å². The Morgan fingerprint density at radius 3 is 2.72 bits per heavy atom. The van der Waals surface area contributed by atoms with Gasteiger partial charge in [0.1, 0.15) is 0 Å². The SMILES string of the molecule is CC(CSCC(=O)Nc1ccccc1Cl)C(=O)O. The number of anilines is 1. The normalized spacial score (nSPS) is 11.9. The fourth-order valence-electron chi connectivity index (χ4n) is 1.15. The van der Waals surface area contributed by atoms with Gasteiger partial charge in [-0.1, -0.05) is 30.7 Å². The molecule has 0 saturated heterocycles. The van der Waals surface area contributed by atoms with E-state index in [0.717, 1.165) is 0 Å². The summed E-state index contributed by atoms with van der Waals surface area (Å²) in [7, 11) is 0. The van der Waals surface area contributed by atoms with Crippen molar-refractivity contribution in [1.82, 2.24) is 0 Å². The fraction of sp³-hybridized carbons (Fsp3) is 0.333. The van der Waals surface area contributed by atoms with Crippen molar-refractivity contribution in [1.29, 1.82) is 0 Å². The van der Waals surface area contributed by atoms with E-state index in [2.05, 4.69) is 5.32 Å². The molecule has 1 amide bonds. The van der Waals surface area contributed by atoms with Gasteiger partial charge in [-0.2, -0.15) is 11.8 Å². The van der Waals surface area contributed by atoms with Crippen LogP contribution in [0.3, 0.4) is 0 Å². The van der Waals surface area contributed by atoms with Crippen molar-refractivity contribution in [3.05, 3.63) is 29.3 Å². The third kappa shape index (κ3) is 4.98. The maximum atomic E-state index is 11.6. The van der Waals surface area contributed by atoms with Crippen LogP contribution in [0.15, 0.2) is 24.3 Å². The highest BCUT2D eigenvalue weighted by atomic mass is 35.5. The first-order chi connectivity index (χ1) is 8.50. The van der Waals surface area contributed by atoms with Crippen LogP contribution in [0, 0.1) is 5.92 Å². The third-order valence-corrected chi connectivity index (χ3v) is 3.70. The molecule has 1 aromatic carbocycles. The number of carbonyl (C=O) groups excluding carboxylic acids is 1. The number of hydrogen-bond donors (Lipinski definition) is 2. The molecule has 4 nitrogen and oxygen atoms in total. The minimum Gasteiger partial charge on any atom is -0.481 e. The van der Waals surface area contributed by atoms with Crippen LogP contribution >= 0.6 is 23.4 Å². The molecule has 0 bridgehead atoms. The van der Waals surface area contributed by atoms with Crippen LogP contribution in [0.1, 0.15) is 6.92 Å². The summed E-state index contributed by atoms with van der Waals surface area (Å²) in [5, 5.41) is 11.8. The molecule has 0 radical (unpaired) electrons. The van der Waals surface area contributed by atoms with E-state index < -0.39 is 11.9 Å². The van der Waals surface area contributed by atoms with Gasteiger partial charge in [-0.15, -0.1) is 0 Å². The summed E-state index contributed by atoms with van der Waals surface area (Å²) in [6, 6.07) is 6.96. The highest BCUT2D eigenvalue weighted by Crippen LogP contribution is 2.20. The first-order valence-electron chi connectivity index (χ1n) is 5.35. The zero-order valence-electron chi connectivity index (χ0n) is 9.85. The number of amides is 1. The predicted molar refractivity (Wildman–Crippen MR) is 74.2 cm³/mol. The molecule has 0 aliphatic carbocycles. The van der Waals surface area contributed by atoms with Gasteiger partial charge in [0.05, 0.1) is 22.4 Å². The lowest BCUT2D eigenvalue weighted by molar-refractivity contribution is -0.140. The van der Waals surface area contributed by atoms with Crippen LogP contribution in [0.25, 0.3) is 0 Å². The first kappa shape index (κ1) is 14.9. The Kier molecular flexibility index (Phi) is 6.01. The summed E-state index contributed by atoms with van der Waals surface area (Å²) in [6.45, 7) is 1.61. The fourth-order valence-corrected chi connectivity index (χ4v) is 2.20. The zero-order valence-corrected chi connectivity index (χ0v) is 11.4. The highest BCUT2D eigenvalue weighted by molar-refractivity contribution is 8.00. The van der Waals surface area contributed by atoms with Gasteiger partial charge in [-0.05, 0) is 12.1 Å². The molecule has 1 atom stereocenters. The Bertz CT molecular complexity index is 439. The Labute approximate surface area is 115 Å². The predicted octanol–water partition coefficient (Wildman–Crippen LogP) is 2.73. The van der Waals surface area contributed by atoms with Gasteiger partial charge < -0.3 is 10.4 Å². The lowest BCUT2D eigenvalue weighted by Crippen LogP contribution is -2.17. The molecule has 0 fully saturated rings. The maximum Gasteiger partial charge on any atom is 0.307 e. The molecule has 0 heterocycles. The van der Waals surface area contributed by atoms with Crippen molar-refractivity contribution >= 4 is 40.9 Å². The summed E-state index contributed by atoms with van der Waals surface area (Å²) < 4.78 is 0. The van der Waals surface area contributed by atoms with Crippen LogP contribution in [0.4, 0.5) is 5.69 Å². The van der Waals surface area contributed by atoms with Crippen LogP contribution in [0.5, 0.6) is 0 Å². The van der Waals surface area contributed by atoms with E-state index in [9.17, 15) is 9.59 Å². The highest BCUT2D eigenvalue weighted by Gasteiger charge is 2.12. The van der Waals surface area contributed by atoms with Crippen LogP contribution < -0.4 is 5.32 Å². The van der Waals surface area contributed by atoms with Gasteiger partial charge in [-0.3, -0.25) is 9.59 Å². The second-order valence-corrected chi connectivity index (χ2v) is 5.22. The van der Waals surface area contributed by atoms with Crippen molar-refractivity contribution in [2.75, 3.05) is 16.8 Å². The zero-order chi connectivity index (χ0) is 13.5. The number of rotatable bonds is 6. The van der Waals surface area contributed by atoms with Gasteiger partial charge in [0.15, 0.2) is 0 Å². The Morgan fingerprint density at radius 1 is 1.44 bits per heavy atom. The number of halogens is 1. The van der Waals surface area contributed by atoms with Crippen molar-refractivity contribution in [3.63, 3.8) is 0 Å². The number of thioether (sulfide) groups is 1. The molecule has 0 saturated carbocycles. The molecule has 1 aromatic rings. The Balaban J connectivity index is 2.35. The number of carboxylic acid groups (broad SMARTS) is 1. The van der Waals surface area contributed by atoms with Gasteiger partial charge in [0.25, 0.3) is 0 Å². The number of hydrogen-bond acceptors (Lipinski definition) is 3. The van der Waals surface area contributed by atoms with Crippen LogP contribution in [-0.2, 0) is 9.59 Å². The molecule has 0 aliphatic rings. The molecule has 98 valence electrons. The molecular weight excluding hydrogens is 274 g/mol. The first-order valence-corrected chi connectivity index (χ1v) is 6.89. The van der Waals surface area contributed by atoms with Crippen molar-refractivity contribution in [2.24, 2.45) is 5.92 Å². The number of aliphatic carboxylic acids is 1. The van der Waals surface area contributed by atoms with Crippen molar-refractivity contribution in [3.8, 4) is 0 Å². The van der Waals surface area contributed by atoms with E-state index in [4.69, 9.17) is 16.7 Å². The standard InChI is InChI=1S/C12H14ClNO3S/c1-8(12(16)17)6-18-7-11(15)14-10-5-3-2-4-9(10)13/h2-5,8H,6-7H2,1H3,(H,14,15)(H,16,17). The van der Waals surface area contributed by atoms with Crippen LogP contribution in [0.2, 0.25) is 5.02 Å². The minimum absolute atomic E-state index is 0.189. The molecule has 1 unspecified atom stereocenters. The molecule has 2 N–H and O–H groups in total. The van der Waals surface area contributed by atoms with E-state index >= 15 is 0 Å². The number of nitrogens with one attached hydrogen (secondary N) is 1. The average Bonchev–Trinajstić information content (AvgIpc) is 2.32. The molecular formula is C12H14ClNO3S. The summed E-state index contributed by atoms with van der Waals surface area (Å²) in [4.78, 5) is 22.2. The number of para-hydroxylation sites is 1. The summed E-state index contributed by atoms with van der Waals surface area (Å²) in [5.41, 5.74) is 0.566. The van der Waals surface area contributed by atoms with Gasteiger partial charge in [0.2, 0.25) is 5.91 Å². The summed E-state index contributed by atoms with van der Waals surface area (Å²) in [6.07, 6.45) is 0. The van der Waals surface area contributed by atoms with E-state index in [0.29, 0.717) is 16.5 Å². The van der Waals surface area contributed by atoms with E-state index in [1.807, 2.05) is 0 Å². The third-order valence-electron chi connectivity index (χ3n) is 2.17. The Hall–Kier alpha value is -1.20. The summed E-state index contributed by atoms with van der Waals surface area (Å²) in [5.74, 6) is -0.878. The van der Waals surface area contributed by atoms with Gasteiger partial charge in [0, 0.05) is 5.75 Å². The van der Waals surface area contributed by atoms with Crippen molar-refractivity contribution in [2.45, 2.75) is 6.92 Å². The molecule has 1 rings (SSSR count). The largest absolute Gasteiger partial charge is 0.481 e. The second kappa shape index (κ2) is 7.28. The summed E-state index contributed by atoms with van der Waals surface area (Å²) >= 11 is 7.18. The molecule has 6 heteroatoms. The molecule has 0 aliphatic heterocycles. The van der Waals surface area contributed by atoms with E-state index in [1.54, 1.807) is 31.2 Å². The topological polar surface area (TPSA) is 66.4 Å². The Morgan fingerprint density at radius 2 is 2.11 bits per heavy atom. The number of carbonyl (C=O) groups is 2. The lowest BCUT2D eigenvalue weighted by atomic mass is 10.2. The number of carboxylic acids is 1. The molecule has 0 spiro atoms. The molecule has 18 heavy (non-hydrogen) atoms. The monoisotopic (exact) mass is 287 g/mol. The maximum absolute atomic E-state index is 11.6. The van der Waals surface area contributed by atoms with Gasteiger partial charge >= 0.3 is 5.97 Å². The second-order valence-electron chi connectivity index (χ2n) is 3.78. The minimum atomic E-state index is -0.853.